The molecular formula is C17H24N6O4. The molecule has 0 fully saturated rings. The van der Waals surface area contributed by atoms with E-state index in [1.54, 1.807) is 50.0 Å². The van der Waals surface area contributed by atoms with E-state index in [4.69, 9.17) is 4.74 Å². The summed E-state index contributed by atoms with van der Waals surface area (Å²) >= 11 is 0. The number of hydrogen-bond donors (Lipinski definition) is 0. The summed E-state index contributed by atoms with van der Waals surface area (Å²) in [6.45, 7) is 2.91. The summed E-state index contributed by atoms with van der Waals surface area (Å²) in [5, 5.41) is 15.1. The maximum Gasteiger partial charge on any atom is 0.290 e. The Morgan fingerprint density at radius 3 is 2.67 bits per heavy atom. The Hall–Kier alpha value is -3.01. The lowest BCUT2D eigenvalue weighted by Crippen LogP contribution is -2.35. The molecule has 0 bridgehead atoms. The predicted octanol–water partition coefficient (Wildman–Crippen LogP) is 1.39. The number of nitrogens with zero attached hydrogens (tertiary/aromatic N) is 6. The van der Waals surface area contributed by atoms with E-state index in [-0.39, 0.29) is 18.2 Å². The van der Waals surface area contributed by atoms with Crippen LogP contribution in [0.1, 0.15) is 21.6 Å². The molecule has 27 heavy (non-hydrogen) atoms. The molecule has 146 valence electrons. The lowest BCUT2D eigenvalue weighted by atomic mass is 10.2. The van der Waals surface area contributed by atoms with Gasteiger partial charge in [0.1, 0.15) is 17.7 Å². The van der Waals surface area contributed by atoms with Gasteiger partial charge < -0.3 is 14.5 Å². The second-order valence-electron chi connectivity index (χ2n) is 6.33. The van der Waals surface area contributed by atoms with Crippen LogP contribution in [0.2, 0.25) is 0 Å². The van der Waals surface area contributed by atoms with E-state index < -0.39 is 4.92 Å². The number of carbonyl (C=O) groups is 1. The quantitative estimate of drug-likeness (QED) is 0.506. The fourth-order valence-corrected chi connectivity index (χ4v) is 2.61. The maximum atomic E-state index is 12.7. The minimum atomic E-state index is -0.454. The molecule has 0 saturated heterocycles. The van der Waals surface area contributed by atoms with Crippen molar-refractivity contribution in [3.8, 4) is 0 Å². The normalized spacial score (nSPS) is 10.7. The van der Waals surface area contributed by atoms with E-state index in [2.05, 4.69) is 10.1 Å². The number of nitro groups is 1. The van der Waals surface area contributed by atoms with Crippen molar-refractivity contribution >= 4 is 17.4 Å². The van der Waals surface area contributed by atoms with Crippen LogP contribution in [-0.4, -0.2) is 64.8 Å². The van der Waals surface area contributed by atoms with E-state index in [9.17, 15) is 14.9 Å². The number of hydrogen-bond acceptors (Lipinski definition) is 7. The third-order valence-electron chi connectivity index (χ3n) is 4.19. The Morgan fingerprint density at radius 2 is 2.07 bits per heavy atom. The third kappa shape index (κ3) is 4.79. The molecule has 2 aromatic rings. The van der Waals surface area contributed by atoms with E-state index in [0.29, 0.717) is 35.7 Å². The zero-order valence-electron chi connectivity index (χ0n) is 16.2. The molecule has 0 aliphatic carbocycles. The summed E-state index contributed by atoms with van der Waals surface area (Å²) in [6, 6.07) is 1.66. The second kappa shape index (κ2) is 8.58. The van der Waals surface area contributed by atoms with E-state index in [0.717, 1.165) is 0 Å². The molecule has 0 saturated carbocycles. The Labute approximate surface area is 157 Å². The van der Waals surface area contributed by atoms with Crippen molar-refractivity contribution in [3.05, 3.63) is 45.4 Å². The highest BCUT2D eigenvalue weighted by Gasteiger charge is 2.20. The first-order valence-corrected chi connectivity index (χ1v) is 8.33. The smallest absolute Gasteiger partial charge is 0.290 e. The number of pyridine rings is 1. The van der Waals surface area contributed by atoms with Gasteiger partial charge in [0.15, 0.2) is 0 Å². The van der Waals surface area contributed by atoms with Gasteiger partial charge in [-0.15, -0.1) is 0 Å². The van der Waals surface area contributed by atoms with Gasteiger partial charge in [0.2, 0.25) is 0 Å². The summed E-state index contributed by atoms with van der Waals surface area (Å²) in [5.74, 6) is 0.469. The first-order chi connectivity index (χ1) is 12.7. The SMILES string of the molecule is COCc1nn(C)cc1C(=O)N(C)CCN(C)c1cc(C)c([N+](=O)[O-])cn1. The van der Waals surface area contributed by atoms with Crippen LogP contribution < -0.4 is 4.90 Å². The number of aromatic nitrogens is 3. The first-order valence-electron chi connectivity index (χ1n) is 8.33. The van der Waals surface area contributed by atoms with Gasteiger partial charge >= 0.3 is 0 Å². The molecule has 0 aliphatic rings. The summed E-state index contributed by atoms with van der Waals surface area (Å²) in [5.41, 5.74) is 1.63. The fraction of sp³-hybridized carbons (Fsp3) is 0.471. The highest BCUT2D eigenvalue weighted by molar-refractivity contribution is 5.95. The Balaban J connectivity index is 2.02. The summed E-state index contributed by atoms with van der Waals surface area (Å²) in [4.78, 5) is 30.7. The molecule has 0 radical (unpaired) electrons. The minimum absolute atomic E-state index is 0.0123. The molecule has 0 aromatic carbocycles. The van der Waals surface area contributed by atoms with E-state index in [1.807, 2.05) is 11.9 Å². The number of carbonyl (C=O) groups excluding carboxylic acids is 1. The number of methoxy groups -OCH3 is 1. The molecular weight excluding hydrogens is 352 g/mol. The van der Waals surface area contributed by atoms with Crippen LogP contribution in [0.15, 0.2) is 18.5 Å². The van der Waals surface area contributed by atoms with Gasteiger partial charge in [0, 0.05) is 53.1 Å². The topological polar surface area (TPSA) is 107 Å². The third-order valence-corrected chi connectivity index (χ3v) is 4.19. The van der Waals surface area contributed by atoms with Gasteiger partial charge in [-0.1, -0.05) is 0 Å². The summed E-state index contributed by atoms with van der Waals surface area (Å²) in [7, 11) is 6.85. The average molecular weight is 376 g/mol. The van der Waals surface area contributed by atoms with Crippen LogP contribution in [0.4, 0.5) is 11.5 Å². The van der Waals surface area contributed by atoms with Crippen LogP contribution in [0.3, 0.4) is 0 Å². The monoisotopic (exact) mass is 376 g/mol. The van der Waals surface area contributed by atoms with Crippen molar-refractivity contribution < 1.29 is 14.5 Å². The molecule has 2 heterocycles. The molecule has 0 unspecified atom stereocenters. The molecule has 0 aliphatic heterocycles. The zero-order valence-corrected chi connectivity index (χ0v) is 16.2. The fourth-order valence-electron chi connectivity index (χ4n) is 2.61. The van der Waals surface area contributed by atoms with Crippen LogP contribution in [0.5, 0.6) is 0 Å². The van der Waals surface area contributed by atoms with Crippen molar-refractivity contribution in [3.63, 3.8) is 0 Å². The minimum Gasteiger partial charge on any atom is -0.378 e. The van der Waals surface area contributed by atoms with Gasteiger partial charge in [-0.2, -0.15) is 5.10 Å². The molecule has 0 N–H and O–H groups in total. The number of aryl methyl sites for hydroxylation is 2. The van der Waals surface area contributed by atoms with Gasteiger partial charge in [0.05, 0.1) is 17.1 Å². The summed E-state index contributed by atoms with van der Waals surface area (Å²) < 4.78 is 6.68. The second-order valence-corrected chi connectivity index (χ2v) is 6.33. The number of amides is 1. The number of likely N-dealkylation sites (N-methyl/N-ethyl adjacent to an activating group) is 2. The number of anilines is 1. The average Bonchev–Trinajstić information content (AvgIpc) is 2.98. The van der Waals surface area contributed by atoms with Crippen LogP contribution in [0.25, 0.3) is 0 Å². The Morgan fingerprint density at radius 1 is 1.37 bits per heavy atom. The van der Waals surface area contributed by atoms with Gasteiger partial charge in [0.25, 0.3) is 11.6 Å². The van der Waals surface area contributed by atoms with Crippen LogP contribution >= 0.6 is 0 Å². The van der Waals surface area contributed by atoms with Gasteiger partial charge in [-0.25, -0.2) is 4.98 Å². The Kier molecular flexibility index (Phi) is 6.45. The van der Waals surface area contributed by atoms with Crippen molar-refractivity contribution in [1.29, 1.82) is 0 Å². The Bertz CT molecular complexity index is 835. The molecule has 10 nitrogen and oxygen atoms in total. The van der Waals surface area contributed by atoms with Crippen molar-refractivity contribution in [2.45, 2.75) is 13.5 Å². The molecule has 2 aromatic heterocycles. The molecule has 0 atom stereocenters. The number of ether oxygens (including phenoxy) is 1. The lowest BCUT2D eigenvalue weighted by Gasteiger charge is -2.23. The predicted molar refractivity (Wildman–Crippen MR) is 99.8 cm³/mol. The van der Waals surface area contributed by atoms with Crippen molar-refractivity contribution in [2.24, 2.45) is 7.05 Å². The molecule has 0 spiro atoms. The molecule has 1 amide bonds. The van der Waals surface area contributed by atoms with Crippen LogP contribution in [-0.2, 0) is 18.4 Å². The van der Waals surface area contributed by atoms with Crippen molar-refractivity contribution in [2.75, 3.05) is 39.2 Å². The summed E-state index contributed by atoms with van der Waals surface area (Å²) in [6.07, 6.45) is 2.93. The molecule has 10 heteroatoms. The largest absolute Gasteiger partial charge is 0.378 e. The highest BCUT2D eigenvalue weighted by Crippen LogP contribution is 2.20. The van der Waals surface area contributed by atoms with Gasteiger partial charge in [-0.05, 0) is 13.0 Å². The lowest BCUT2D eigenvalue weighted by molar-refractivity contribution is -0.385. The van der Waals surface area contributed by atoms with Crippen LogP contribution in [0, 0.1) is 17.0 Å². The first kappa shape index (κ1) is 20.3. The van der Waals surface area contributed by atoms with Gasteiger partial charge in [-0.3, -0.25) is 19.6 Å². The standard InChI is InChI=1S/C17H24N6O4/c1-12-8-16(18-9-15(12)23(25)26)20(2)6-7-21(3)17(24)13-10-22(4)19-14(13)11-27-5/h8-10H,6-7,11H2,1-5H3. The highest BCUT2D eigenvalue weighted by atomic mass is 16.6. The van der Waals surface area contributed by atoms with Crippen molar-refractivity contribution in [1.82, 2.24) is 19.7 Å². The number of rotatable bonds is 8. The zero-order chi connectivity index (χ0) is 20.1. The van der Waals surface area contributed by atoms with E-state index in [1.165, 1.54) is 6.20 Å². The molecule has 2 rings (SSSR count). The maximum absolute atomic E-state index is 12.7. The van der Waals surface area contributed by atoms with E-state index >= 15 is 0 Å².